The van der Waals surface area contributed by atoms with Gasteiger partial charge in [-0.05, 0) is 27.5 Å². The van der Waals surface area contributed by atoms with Crippen LogP contribution in [-0.2, 0) is 0 Å². The maximum atomic E-state index is 4.29. The van der Waals surface area contributed by atoms with Crippen molar-refractivity contribution < 1.29 is 0 Å². The van der Waals surface area contributed by atoms with Crippen LogP contribution in [0, 0.1) is 0 Å². The average molecular weight is 208 g/mol. The van der Waals surface area contributed by atoms with Crippen molar-refractivity contribution in [2.45, 2.75) is 26.3 Å². The first-order valence-corrected chi connectivity index (χ1v) is 5.26. The fourth-order valence-corrected chi connectivity index (χ4v) is 1.69. The summed E-state index contributed by atoms with van der Waals surface area (Å²) < 4.78 is 0. The van der Waals surface area contributed by atoms with Crippen molar-refractivity contribution in [1.82, 2.24) is 10.2 Å². The van der Waals surface area contributed by atoms with Crippen LogP contribution in [0.1, 0.15) is 20.8 Å². The van der Waals surface area contributed by atoms with Crippen LogP contribution in [0.25, 0.3) is 0 Å². The minimum Gasteiger partial charge on any atom is -0.333 e. The van der Waals surface area contributed by atoms with Crippen molar-refractivity contribution in [1.29, 1.82) is 0 Å². The SMILES string of the molecule is C=NC(=N/C=C\C)N1CCNCC1(C)C. The summed E-state index contributed by atoms with van der Waals surface area (Å²) in [5.74, 6) is 0.708. The molecule has 1 N–H and O–H groups in total. The van der Waals surface area contributed by atoms with Crippen LogP contribution in [-0.4, -0.2) is 42.8 Å². The van der Waals surface area contributed by atoms with E-state index in [0.29, 0.717) is 5.96 Å². The number of hydrogen-bond acceptors (Lipinski definition) is 2. The highest BCUT2D eigenvalue weighted by Crippen LogP contribution is 2.17. The van der Waals surface area contributed by atoms with E-state index in [9.17, 15) is 0 Å². The van der Waals surface area contributed by atoms with Gasteiger partial charge in [0.05, 0.1) is 0 Å². The van der Waals surface area contributed by atoms with Crippen molar-refractivity contribution in [2.75, 3.05) is 19.6 Å². The van der Waals surface area contributed by atoms with Crippen LogP contribution in [0.2, 0.25) is 0 Å². The van der Waals surface area contributed by atoms with Crippen LogP contribution in [0.15, 0.2) is 22.3 Å². The van der Waals surface area contributed by atoms with Gasteiger partial charge in [0.2, 0.25) is 5.96 Å². The Balaban J connectivity index is 2.86. The second kappa shape index (κ2) is 5.07. The first-order valence-electron chi connectivity index (χ1n) is 5.26. The Bertz CT molecular complexity index is 278. The van der Waals surface area contributed by atoms with E-state index in [4.69, 9.17) is 0 Å². The molecule has 0 aromatic heterocycles. The predicted molar refractivity (Wildman–Crippen MR) is 65.5 cm³/mol. The van der Waals surface area contributed by atoms with Crippen LogP contribution < -0.4 is 5.32 Å². The van der Waals surface area contributed by atoms with Gasteiger partial charge in [-0.15, -0.1) is 0 Å². The molecule has 4 nitrogen and oxygen atoms in total. The van der Waals surface area contributed by atoms with Crippen LogP contribution in [0.3, 0.4) is 0 Å². The first kappa shape index (κ1) is 11.9. The zero-order chi connectivity index (χ0) is 11.3. The third kappa shape index (κ3) is 2.89. The molecule has 1 aliphatic rings. The maximum Gasteiger partial charge on any atom is 0.225 e. The lowest BCUT2D eigenvalue weighted by atomic mass is 10.0. The van der Waals surface area contributed by atoms with E-state index < -0.39 is 0 Å². The summed E-state index contributed by atoms with van der Waals surface area (Å²) in [6.07, 6.45) is 3.64. The molecule has 0 atom stereocenters. The van der Waals surface area contributed by atoms with Gasteiger partial charge in [0.15, 0.2) is 0 Å². The molecule has 0 saturated carbocycles. The van der Waals surface area contributed by atoms with Gasteiger partial charge in [0.25, 0.3) is 0 Å². The van der Waals surface area contributed by atoms with Crippen molar-refractivity contribution in [2.24, 2.45) is 9.98 Å². The Morgan fingerprint density at radius 3 is 2.80 bits per heavy atom. The van der Waals surface area contributed by atoms with Gasteiger partial charge in [-0.2, -0.15) is 0 Å². The second-order valence-corrected chi connectivity index (χ2v) is 4.21. The predicted octanol–water partition coefficient (Wildman–Crippen LogP) is 1.26. The molecule has 0 amide bonds. The Labute approximate surface area is 91.8 Å². The molecule has 15 heavy (non-hydrogen) atoms. The van der Waals surface area contributed by atoms with E-state index >= 15 is 0 Å². The summed E-state index contributed by atoms with van der Waals surface area (Å²) in [5, 5.41) is 3.36. The number of nitrogens with zero attached hydrogens (tertiary/aromatic N) is 3. The number of guanidine groups is 1. The monoisotopic (exact) mass is 208 g/mol. The van der Waals surface area contributed by atoms with E-state index in [2.05, 4.69) is 40.8 Å². The molecule has 4 heteroatoms. The van der Waals surface area contributed by atoms with Gasteiger partial charge in [0, 0.05) is 31.4 Å². The molecule has 1 aliphatic heterocycles. The molecule has 1 rings (SSSR count). The standard InChI is InChI=1S/C11H20N4/c1-5-6-14-10(12-4)15-8-7-13-9-11(15,2)3/h5-6,13H,4,7-9H2,1-3H3/b6-5-,14-10?. The molecule has 84 valence electrons. The maximum absolute atomic E-state index is 4.29. The zero-order valence-electron chi connectivity index (χ0n) is 9.82. The van der Waals surface area contributed by atoms with Crippen LogP contribution in [0.4, 0.5) is 0 Å². The third-order valence-electron chi connectivity index (χ3n) is 2.52. The smallest absolute Gasteiger partial charge is 0.225 e. The minimum atomic E-state index is 0.0415. The average Bonchev–Trinajstić information content (AvgIpc) is 2.20. The van der Waals surface area contributed by atoms with Crippen LogP contribution >= 0.6 is 0 Å². The molecular formula is C11H20N4. The lowest BCUT2D eigenvalue weighted by molar-refractivity contribution is 0.171. The van der Waals surface area contributed by atoms with Gasteiger partial charge >= 0.3 is 0 Å². The van der Waals surface area contributed by atoms with E-state index in [1.165, 1.54) is 0 Å². The molecular weight excluding hydrogens is 188 g/mol. The van der Waals surface area contributed by atoms with Crippen LogP contribution in [0.5, 0.6) is 0 Å². The van der Waals surface area contributed by atoms with Gasteiger partial charge in [-0.1, -0.05) is 6.08 Å². The lowest BCUT2D eigenvalue weighted by Crippen LogP contribution is -2.59. The largest absolute Gasteiger partial charge is 0.333 e. The number of aliphatic imine (C=N–C) groups is 2. The lowest BCUT2D eigenvalue weighted by Gasteiger charge is -2.43. The van der Waals surface area contributed by atoms with Crippen molar-refractivity contribution in [3.05, 3.63) is 12.3 Å². The number of nitrogens with one attached hydrogen (secondary N) is 1. The topological polar surface area (TPSA) is 40.0 Å². The minimum absolute atomic E-state index is 0.0415. The fraction of sp³-hybridized carbons (Fsp3) is 0.636. The Morgan fingerprint density at radius 2 is 2.27 bits per heavy atom. The summed E-state index contributed by atoms with van der Waals surface area (Å²) in [6, 6.07) is 0. The Kier molecular flexibility index (Phi) is 4.03. The Morgan fingerprint density at radius 1 is 1.53 bits per heavy atom. The number of piperazine rings is 1. The van der Waals surface area contributed by atoms with Crippen molar-refractivity contribution >= 4 is 12.7 Å². The molecule has 0 radical (unpaired) electrons. The van der Waals surface area contributed by atoms with Gasteiger partial charge < -0.3 is 10.2 Å². The van der Waals surface area contributed by atoms with E-state index in [0.717, 1.165) is 19.6 Å². The van der Waals surface area contributed by atoms with Crippen molar-refractivity contribution in [3.63, 3.8) is 0 Å². The molecule has 0 aromatic carbocycles. The van der Waals surface area contributed by atoms with Gasteiger partial charge in [-0.3, -0.25) is 0 Å². The molecule has 1 fully saturated rings. The van der Waals surface area contributed by atoms with Crippen molar-refractivity contribution in [3.8, 4) is 0 Å². The van der Waals surface area contributed by atoms with Gasteiger partial charge in [-0.25, -0.2) is 9.98 Å². The van der Waals surface area contributed by atoms with E-state index in [1.54, 1.807) is 6.20 Å². The summed E-state index contributed by atoms with van der Waals surface area (Å²) in [6.45, 7) is 12.7. The molecule has 1 saturated heterocycles. The van der Waals surface area contributed by atoms with E-state index in [1.807, 2.05) is 13.0 Å². The molecule has 0 unspecified atom stereocenters. The summed E-state index contributed by atoms with van der Waals surface area (Å²) >= 11 is 0. The molecule has 0 aromatic rings. The highest BCUT2D eigenvalue weighted by molar-refractivity contribution is 5.85. The molecule has 0 aliphatic carbocycles. The zero-order valence-corrected chi connectivity index (χ0v) is 9.82. The Hall–Kier alpha value is -1.16. The normalized spacial score (nSPS) is 22.1. The highest BCUT2D eigenvalue weighted by Gasteiger charge is 2.31. The summed E-state index contributed by atoms with van der Waals surface area (Å²) in [4.78, 5) is 10.5. The first-order chi connectivity index (χ1) is 7.11. The van der Waals surface area contributed by atoms with E-state index in [-0.39, 0.29) is 5.54 Å². The highest BCUT2D eigenvalue weighted by atomic mass is 15.3. The molecule has 0 bridgehead atoms. The number of hydrogen-bond donors (Lipinski definition) is 1. The molecule has 0 spiro atoms. The molecule has 1 heterocycles. The fourth-order valence-electron chi connectivity index (χ4n) is 1.69. The third-order valence-corrected chi connectivity index (χ3v) is 2.52. The van der Waals surface area contributed by atoms with Gasteiger partial charge in [0.1, 0.15) is 0 Å². The summed E-state index contributed by atoms with van der Waals surface area (Å²) in [7, 11) is 0. The quantitative estimate of drug-likeness (QED) is 0.520. The second-order valence-electron chi connectivity index (χ2n) is 4.21. The number of allylic oxidation sites excluding steroid dienone is 1. The number of rotatable bonds is 1. The summed E-state index contributed by atoms with van der Waals surface area (Å²) in [5.41, 5.74) is 0.0415.